The van der Waals surface area contributed by atoms with Gasteiger partial charge in [-0.05, 0) is 43.2 Å². The molecule has 0 bridgehead atoms. The number of hydrogen-bond acceptors (Lipinski definition) is 1. The van der Waals surface area contributed by atoms with Crippen molar-refractivity contribution in [3.63, 3.8) is 0 Å². The third-order valence-electron chi connectivity index (χ3n) is 3.09. The van der Waals surface area contributed by atoms with E-state index in [1.807, 2.05) is 37.4 Å². The lowest BCUT2D eigenvalue weighted by Crippen LogP contribution is -1.92. The Hall–Kier alpha value is -1.74. The second-order valence-electron chi connectivity index (χ2n) is 4.52. The smallest absolute Gasteiger partial charge is 0.303 e. The van der Waals surface area contributed by atoms with Crippen molar-refractivity contribution in [2.45, 2.75) is 19.3 Å². The SMILES string of the molecule is Cn1c(/C=C/CCCC(=O)O)cc2cc(Cl)ccc21. The molecule has 0 spiro atoms. The van der Waals surface area contributed by atoms with Gasteiger partial charge in [0.05, 0.1) is 0 Å². The third-order valence-corrected chi connectivity index (χ3v) is 3.33. The average molecular weight is 278 g/mol. The Bertz CT molecular complexity index is 628. The molecule has 0 saturated carbocycles. The summed E-state index contributed by atoms with van der Waals surface area (Å²) in [6.07, 6.45) is 5.69. The molecule has 0 amide bonds. The fraction of sp³-hybridized carbons (Fsp3) is 0.267. The van der Waals surface area contributed by atoms with Gasteiger partial charge in [-0.3, -0.25) is 4.79 Å². The molecule has 0 aliphatic carbocycles. The molecule has 0 fully saturated rings. The number of aryl methyl sites for hydroxylation is 1. The minimum atomic E-state index is -0.743. The van der Waals surface area contributed by atoms with Gasteiger partial charge in [0.1, 0.15) is 0 Å². The van der Waals surface area contributed by atoms with E-state index in [4.69, 9.17) is 16.7 Å². The topological polar surface area (TPSA) is 42.2 Å². The van der Waals surface area contributed by atoms with Gasteiger partial charge < -0.3 is 9.67 Å². The second kappa shape index (κ2) is 5.93. The van der Waals surface area contributed by atoms with Crippen LogP contribution < -0.4 is 0 Å². The summed E-state index contributed by atoms with van der Waals surface area (Å²) in [4.78, 5) is 10.4. The highest BCUT2D eigenvalue weighted by molar-refractivity contribution is 6.31. The molecule has 4 heteroatoms. The number of aliphatic carboxylic acids is 1. The molecule has 1 N–H and O–H groups in total. The van der Waals surface area contributed by atoms with Crippen molar-refractivity contribution in [3.8, 4) is 0 Å². The Labute approximate surface area is 117 Å². The van der Waals surface area contributed by atoms with E-state index in [2.05, 4.69) is 10.6 Å². The lowest BCUT2D eigenvalue weighted by atomic mass is 10.2. The van der Waals surface area contributed by atoms with Gasteiger partial charge in [0.2, 0.25) is 0 Å². The quantitative estimate of drug-likeness (QED) is 0.836. The van der Waals surface area contributed by atoms with Crippen molar-refractivity contribution in [3.05, 3.63) is 41.1 Å². The Morgan fingerprint density at radius 1 is 1.42 bits per heavy atom. The number of nitrogens with zero attached hydrogens (tertiary/aromatic N) is 1. The number of halogens is 1. The van der Waals surface area contributed by atoms with Crippen molar-refractivity contribution in [2.75, 3.05) is 0 Å². The van der Waals surface area contributed by atoms with E-state index in [9.17, 15) is 4.79 Å². The van der Waals surface area contributed by atoms with Gasteiger partial charge in [0.15, 0.2) is 0 Å². The van der Waals surface area contributed by atoms with Crippen molar-refractivity contribution in [1.82, 2.24) is 4.57 Å². The van der Waals surface area contributed by atoms with E-state index < -0.39 is 5.97 Å². The number of unbranched alkanes of at least 4 members (excludes halogenated alkanes) is 1. The first-order valence-corrected chi connectivity index (χ1v) is 6.59. The molecule has 3 nitrogen and oxygen atoms in total. The zero-order valence-electron chi connectivity index (χ0n) is 10.8. The van der Waals surface area contributed by atoms with Crippen LogP contribution >= 0.6 is 11.6 Å². The molecule has 2 aromatic rings. The Morgan fingerprint density at radius 3 is 2.95 bits per heavy atom. The van der Waals surface area contributed by atoms with Crippen molar-refractivity contribution < 1.29 is 9.90 Å². The summed E-state index contributed by atoms with van der Waals surface area (Å²) in [5.74, 6) is -0.743. The zero-order chi connectivity index (χ0) is 13.8. The van der Waals surface area contributed by atoms with E-state index in [0.29, 0.717) is 6.42 Å². The standard InChI is InChI=1S/C15H16ClNO2/c1-17-13(5-3-2-4-6-15(18)19)10-11-9-12(16)7-8-14(11)17/h3,5,7-10H,2,4,6H2,1H3,(H,18,19)/b5-3+. The predicted molar refractivity (Wildman–Crippen MR) is 78.4 cm³/mol. The predicted octanol–water partition coefficient (Wildman–Crippen LogP) is 4.10. The van der Waals surface area contributed by atoms with Gasteiger partial charge in [-0.2, -0.15) is 0 Å². The number of hydrogen-bond donors (Lipinski definition) is 1. The van der Waals surface area contributed by atoms with E-state index in [0.717, 1.165) is 28.0 Å². The maximum absolute atomic E-state index is 10.4. The van der Waals surface area contributed by atoms with E-state index in [-0.39, 0.29) is 6.42 Å². The summed E-state index contributed by atoms with van der Waals surface area (Å²) in [7, 11) is 2.01. The first-order valence-electron chi connectivity index (χ1n) is 6.21. The van der Waals surface area contributed by atoms with Crippen LogP contribution in [0.4, 0.5) is 0 Å². The number of carbonyl (C=O) groups is 1. The summed E-state index contributed by atoms with van der Waals surface area (Å²) < 4.78 is 2.10. The van der Waals surface area contributed by atoms with Crippen molar-refractivity contribution >= 4 is 34.5 Å². The highest BCUT2D eigenvalue weighted by atomic mass is 35.5. The van der Waals surface area contributed by atoms with Crippen LogP contribution in [0.25, 0.3) is 17.0 Å². The van der Waals surface area contributed by atoms with Gasteiger partial charge in [0, 0.05) is 35.1 Å². The minimum absolute atomic E-state index is 0.217. The molecular weight excluding hydrogens is 262 g/mol. The number of carboxylic acid groups (broad SMARTS) is 1. The number of benzene rings is 1. The number of aromatic nitrogens is 1. The molecule has 2 rings (SSSR count). The summed E-state index contributed by atoms with van der Waals surface area (Å²) >= 11 is 5.97. The number of carboxylic acids is 1. The van der Waals surface area contributed by atoms with Crippen LogP contribution in [0, 0.1) is 0 Å². The molecule has 0 saturated heterocycles. The molecule has 1 aromatic heterocycles. The molecule has 1 aromatic carbocycles. The van der Waals surface area contributed by atoms with E-state index in [1.165, 1.54) is 0 Å². The Balaban J connectivity index is 2.10. The van der Waals surface area contributed by atoms with Gasteiger partial charge >= 0.3 is 5.97 Å². The van der Waals surface area contributed by atoms with E-state index in [1.54, 1.807) is 0 Å². The maximum Gasteiger partial charge on any atom is 0.303 e. The van der Waals surface area contributed by atoms with Gasteiger partial charge in [-0.15, -0.1) is 0 Å². The average Bonchev–Trinajstić information content (AvgIpc) is 2.65. The van der Waals surface area contributed by atoms with Crippen LogP contribution in [-0.4, -0.2) is 15.6 Å². The molecule has 1 heterocycles. The van der Waals surface area contributed by atoms with Crippen LogP contribution in [0.5, 0.6) is 0 Å². The van der Waals surface area contributed by atoms with Crippen LogP contribution in [0.3, 0.4) is 0 Å². The van der Waals surface area contributed by atoms with Crippen LogP contribution in [0.15, 0.2) is 30.3 Å². The van der Waals surface area contributed by atoms with Gasteiger partial charge in [-0.25, -0.2) is 0 Å². The molecule has 0 atom stereocenters. The summed E-state index contributed by atoms with van der Waals surface area (Å²) in [5, 5.41) is 10.4. The van der Waals surface area contributed by atoms with Crippen molar-refractivity contribution in [1.29, 1.82) is 0 Å². The number of fused-ring (bicyclic) bond motifs is 1. The number of allylic oxidation sites excluding steroid dienone is 1. The highest BCUT2D eigenvalue weighted by Gasteiger charge is 2.03. The highest BCUT2D eigenvalue weighted by Crippen LogP contribution is 2.23. The van der Waals surface area contributed by atoms with E-state index >= 15 is 0 Å². The molecule has 19 heavy (non-hydrogen) atoms. The van der Waals surface area contributed by atoms with Crippen LogP contribution in [-0.2, 0) is 11.8 Å². The lowest BCUT2D eigenvalue weighted by molar-refractivity contribution is -0.137. The van der Waals surface area contributed by atoms with Gasteiger partial charge in [0.25, 0.3) is 0 Å². The molecule has 100 valence electrons. The lowest BCUT2D eigenvalue weighted by Gasteiger charge is -1.99. The Morgan fingerprint density at radius 2 is 2.21 bits per heavy atom. The third kappa shape index (κ3) is 3.38. The summed E-state index contributed by atoms with van der Waals surface area (Å²) in [6, 6.07) is 7.90. The monoisotopic (exact) mass is 277 g/mol. The molecular formula is C15H16ClNO2. The van der Waals surface area contributed by atoms with Crippen LogP contribution in [0.2, 0.25) is 5.02 Å². The molecule has 0 aliphatic heterocycles. The van der Waals surface area contributed by atoms with Crippen LogP contribution in [0.1, 0.15) is 25.0 Å². The second-order valence-corrected chi connectivity index (χ2v) is 4.96. The summed E-state index contributed by atoms with van der Waals surface area (Å²) in [5.41, 5.74) is 2.22. The zero-order valence-corrected chi connectivity index (χ0v) is 11.5. The number of rotatable bonds is 5. The first kappa shape index (κ1) is 13.7. The largest absolute Gasteiger partial charge is 0.481 e. The normalized spacial score (nSPS) is 11.5. The maximum atomic E-state index is 10.4. The fourth-order valence-corrected chi connectivity index (χ4v) is 2.26. The first-order chi connectivity index (χ1) is 9.08. The Kier molecular flexibility index (Phi) is 4.27. The van der Waals surface area contributed by atoms with Crippen molar-refractivity contribution in [2.24, 2.45) is 7.05 Å². The van der Waals surface area contributed by atoms with Gasteiger partial charge in [-0.1, -0.05) is 17.7 Å². The molecule has 0 unspecified atom stereocenters. The fourth-order valence-electron chi connectivity index (χ4n) is 2.08. The molecule has 0 radical (unpaired) electrons. The summed E-state index contributed by atoms with van der Waals surface area (Å²) in [6.45, 7) is 0. The molecule has 0 aliphatic rings. The minimum Gasteiger partial charge on any atom is -0.481 e.